The van der Waals surface area contributed by atoms with Crippen LogP contribution >= 0.6 is 0 Å². The van der Waals surface area contributed by atoms with Crippen LogP contribution in [0, 0.1) is 5.41 Å². The minimum absolute atomic E-state index is 0.0424. The molecule has 1 unspecified atom stereocenters. The molecule has 1 aliphatic heterocycles. The highest BCUT2D eigenvalue weighted by Crippen LogP contribution is 2.29. The number of aliphatic hydroxyl groups is 1. The molecule has 3 nitrogen and oxygen atoms in total. The second-order valence-corrected chi connectivity index (χ2v) is 4.92. The van der Waals surface area contributed by atoms with Gasteiger partial charge in [0.15, 0.2) is 0 Å². The van der Waals surface area contributed by atoms with Crippen molar-refractivity contribution in [1.82, 2.24) is 5.32 Å². The van der Waals surface area contributed by atoms with Crippen LogP contribution in [0.5, 0.6) is 0 Å². The predicted octanol–water partition coefficient (Wildman–Crippen LogP) is 1.72. The Morgan fingerprint density at radius 2 is 2.19 bits per heavy atom. The van der Waals surface area contributed by atoms with Gasteiger partial charge in [0.2, 0.25) is 0 Å². The van der Waals surface area contributed by atoms with E-state index in [-0.39, 0.29) is 12.0 Å². The van der Waals surface area contributed by atoms with Crippen LogP contribution in [0.3, 0.4) is 0 Å². The van der Waals surface area contributed by atoms with E-state index in [0.29, 0.717) is 6.04 Å². The first-order chi connectivity index (χ1) is 7.72. The maximum atomic E-state index is 9.52. The number of hydrogen-bond donors (Lipinski definition) is 2. The lowest BCUT2D eigenvalue weighted by Gasteiger charge is -2.36. The lowest BCUT2D eigenvalue weighted by Crippen LogP contribution is -2.44. The topological polar surface area (TPSA) is 41.5 Å². The van der Waals surface area contributed by atoms with Gasteiger partial charge in [-0.2, -0.15) is 0 Å². The molecule has 0 aromatic heterocycles. The largest absolute Gasteiger partial charge is 0.396 e. The molecule has 0 saturated carbocycles. The van der Waals surface area contributed by atoms with Crippen molar-refractivity contribution in [2.45, 2.75) is 38.6 Å². The van der Waals surface area contributed by atoms with Gasteiger partial charge in [-0.3, -0.25) is 0 Å². The third-order valence-corrected chi connectivity index (χ3v) is 3.52. The lowest BCUT2D eigenvalue weighted by atomic mass is 9.81. The van der Waals surface area contributed by atoms with E-state index in [0.717, 1.165) is 45.4 Å². The predicted molar refractivity (Wildman–Crippen MR) is 66.5 cm³/mol. The van der Waals surface area contributed by atoms with Gasteiger partial charge in [-0.15, -0.1) is 6.58 Å². The fraction of sp³-hybridized carbons (Fsp3) is 0.846. The maximum absolute atomic E-state index is 9.52. The summed E-state index contributed by atoms with van der Waals surface area (Å²) in [6, 6.07) is 0.490. The first-order valence-corrected chi connectivity index (χ1v) is 6.25. The molecule has 1 atom stereocenters. The molecule has 1 rings (SSSR count). The summed E-state index contributed by atoms with van der Waals surface area (Å²) in [6.07, 6.45) is 6.04. The standard InChI is InChI=1S/C13H25NO2/c1-3-4-5-12(2)14-10-13(11-15)6-8-16-9-7-13/h3,12,14-15H,1,4-11H2,2H3. The average molecular weight is 227 g/mol. The zero-order chi connectivity index (χ0) is 11.9. The van der Waals surface area contributed by atoms with Gasteiger partial charge >= 0.3 is 0 Å². The molecule has 2 N–H and O–H groups in total. The molecular formula is C13H25NO2. The lowest BCUT2D eigenvalue weighted by molar-refractivity contribution is -0.0163. The number of rotatable bonds is 7. The molecule has 1 saturated heterocycles. The summed E-state index contributed by atoms with van der Waals surface area (Å²) < 4.78 is 5.35. The monoisotopic (exact) mass is 227 g/mol. The zero-order valence-electron chi connectivity index (χ0n) is 10.4. The molecule has 0 aliphatic carbocycles. The summed E-state index contributed by atoms with van der Waals surface area (Å²) in [7, 11) is 0. The first-order valence-electron chi connectivity index (χ1n) is 6.25. The highest BCUT2D eigenvalue weighted by molar-refractivity contribution is 4.84. The van der Waals surface area contributed by atoms with E-state index in [4.69, 9.17) is 4.74 Å². The molecule has 3 heteroatoms. The van der Waals surface area contributed by atoms with Crippen molar-refractivity contribution in [3.05, 3.63) is 12.7 Å². The Hall–Kier alpha value is -0.380. The summed E-state index contributed by atoms with van der Waals surface area (Å²) in [5.74, 6) is 0. The van der Waals surface area contributed by atoms with Crippen LogP contribution in [-0.4, -0.2) is 37.5 Å². The van der Waals surface area contributed by atoms with Crippen molar-refractivity contribution in [2.24, 2.45) is 5.41 Å². The summed E-state index contributed by atoms with van der Waals surface area (Å²) in [5.41, 5.74) is 0.0424. The number of hydrogen-bond acceptors (Lipinski definition) is 3. The van der Waals surface area contributed by atoms with Gasteiger partial charge < -0.3 is 15.2 Å². The molecular weight excluding hydrogens is 202 g/mol. The van der Waals surface area contributed by atoms with E-state index in [1.165, 1.54) is 0 Å². The number of ether oxygens (including phenoxy) is 1. The van der Waals surface area contributed by atoms with E-state index in [1.807, 2.05) is 6.08 Å². The Balaban J connectivity index is 2.29. The Morgan fingerprint density at radius 1 is 1.50 bits per heavy atom. The highest BCUT2D eigenvalue weighted by atomic mass is 16.5. The van der Waals surface area contributed by atoms with Gasteiger partial charge in [-0.05, 0) is 32.6 Å². The SMILES string of the molecule is C=CCCC(C)NCC1(CO)CCOCC1. The molecule has 0 spiro atoms. The van der Waals surface area contributed by atoms with Gasteiger partial charge in [0.1, 0.15) is 0 Å². The Labute approximate surface area is 98.9 Å². The van der Waals surface area contributed by atoms with Crippen molar-refractivity contribution in [1.29, 1.82) is 0 Å². The van der Waals surface area contributed by atoms with E-state index < -0.39 is 0 Å². The minimum Gasteiger partial charge on any atom is -0.396 e. The second-order valence-electron chi connectivity index (χ2n) is 4.92. The molecule has 0 aromatic carbocycles. The van der Waals surface area contributed by atoms with E-state index in [1.54, 1.807) is 0 Å². The van der Waals surface area contributed by atoms with E-state index in [9.17, 15) is 5.11 Å². The van der Waals surface area contributed by atoms with Crippen LogP contribution in [-0.2, 0) is 4.74 Å². The normalized spacial score (nSPS) is 21.6. The van der Waals surface area contributed by atoms with Crippen LogP contribution in [0.15, 0.2) is 12.7 Å². The number of nitrogens with one attached hydrogen (secondary N) is 1. The molecule has 0 amide bonds. The Kier molecular flexibility index (Phi) is 6.03. The van der Waals surface area contributed by atoms with Crippen LogP contribution < -0.4 is 5.32 Å². The fourth-order valence-electron chi connectivity index (χ4n) is 2.06. The van der Waals surface area contributed by atoms with E-state index in [2.05, 4.69) is 18.8 Å². The smallest absolute Gasteiger partial charge is 0.0501 e. The van der Waals surface area contributed by atoms with Crippen LogP contribution in [0.1, 0.15) is 32.6 Å². The third-order valence-electron chi connectivity index (χ3n) is 3.52. The molecule has 94 valence electrons. The first kappa shape index (κ1) is 13.7. The van der Waals surface area contributed by atoms with Gasteiger partial charge in [-0.25, -0.2) is 0 Å². The average Bonchev–Trinajstić information content (AvgIpc) is 2.35. The number of aliphatic hydroxyl groups excluding tert-OH is 1. The van der Waals surface area contributed by atoms with Crippen molar-refractivity contribution >= 4 is 0 Å². The Bertz CT molecular complexity index is 200. The van der Waals surface area contributed by atoms with Crippen molar-refractivity contribution in [2.75, 3.05) is 26.4 Å². The van der Waals surface area contributed by atoms with Crippen molar-refractivity contribution in [3.63, 3.8) is 0 Å². The molecule has 0 radical (unpaired) electrons. The molecule has 1 heterocycles. The van der Waals surface area contributed by atoms with Crippen molar-refractivity contribution < 1.29 is 9.84 Å². The summed E-state index contributed by atoms with van der Waals surface area (Å²) in [4.78, 5) is 0. The summed E-state index contributed by atoms with van der Waals surface area (Å²) in [5, 5.41) is 13.0. The fourth-order valence-corrected chi connectivity index (χ4v) is 2.06. The zero-order valence-corrected chi connectivity index (χ0v) is 10.4. The van der Waals surface area contributed by atoms with Crippen LogP contribution in [0.2, 0.25) is 0 Å². The van der Waals surface area contributed by atoms with Crippen LogP contribution in [0.4, 0.5) is 0 Å². The minimum atomic E-state index is 0.0424. The molecule has 0 bridgehead atoms. The summed E-state index contributed by atoms with van der Waals surface area (Å²) >= 11 is 0. The van der Waals surface area contributed by atoms with E-state index >= 15 is 0 Å². The maximum Gasteiger partial charge on any atom is 0.0501 e. The number of allylic oxidation sites excluding steroid dienone is 1. The molecule has 16 heavy (non-hydrogen) atoms. The van der Waals surface area contributed by atoms with Crippen LogP contribution in [0.25, 0.3) is 0 Å². The highest BCUT2D eigenvalue weighted by Gasteiger charge is 2.31. The third kappa shape index (κ3) is 4.24. The van der Waals surface area contributed by atoms with Gasteiger partial charge in [0.25, 0.3) is 0 Å². The second kappa shape index (κ2) is 7.05. The molecule has 1 aliphatic rings. The van der Waals surface area contributed by atoms with Crippen molar-refractivity contribution in [3.8, 4) is 0 Å². The molecule has 1 fully saturated rings. The Morgan fingerprint density at radius 3 is 2.75 bits per heavy atom. The molecule has 0 aromatic rings. The van der Waals surface area contributed by atoms with Gasteiger partial charge in [-0.1, -0.05) is 6.08 Å². The summed E-state index contributed by atoms with van der Waals surface area (Å²) in [6.45, 7) is 8.63. The van der Waals surface area contributed by atoms with Gasteiger partial charge in [0, 0.05) is 31.2 Å². The van der Waals surface area contributed by atoms with Gasteiger partial charge in [0.05, 0.1) is 6.61 Å². The quantitative estimate of drug-likeness (QED) is 0.651.